The zero-order chi connectivity index (χ0) is 25.2. The Hall–Kier alpha value is -2.33. The van der Waals surface area contributed by atoms with Gasteiger partial charge in [-0.2, -0.15) is 0 Å². The van der Waals surface area contributed by atoms with Crippen molar-refractivity contribution in [2.75, 3.05) is 0 Å². The van der Waals surface area contributed by atoms with E-state index in [1.165, 1.54) is 0 Å². The van der Waals surface area contributed by atoms with Crippen LogP contribution < -0.4 is 10.5 Å². The standard InChI is InChI=1S/C29H43NO3/c1-15(2)22-11-20(12-23(16(3)4)27(22)31)21-13-24(17(5)6)28(25(14-21)18(7)8)33-29(32)26(30)19(9)10/h11-19,26,31H,30H2,1-10H3. The highest BCUT2D eigenvalue weighted by atomic mass is 16.5. The van der Waals surface area contributed by atoms with Crippen molar-refractivity contribution in [3.63, 3.8) is 0 Å². The van der Waals surface area contributed by atoms with Crippen molar-refractivity contribution in [3.8, 4) is 22.6 Å². The first-order valence-electron chi connectivity index (χ1n) is 12.3. The van der Waals surface area contributed by atoms with E-state index in [0.717, 1.165) is 33.4 Å². The summed E-state index contributed by atoms with van der Waals surface area (Å²) < 4.78 is 5.95. The van der Waals surface area contributed by atoms with Crippen LogP contribution in [0.4, 0.5) is 0 Å². The van der Waals surface area contributed by atoms with Crippen molar-refractivity contribution in [3.05, 3.63) is 46.5 Å². The largest absolute Gasteiger partial charge is 0.507 e. The number of benzene rings is 2. The minimum absolute atomic E-state index is 0.00248. The van der Waals surface area contributed by atoms with Crippen LogP contribution in [0.15, 0.2) is 24.3 Å². The van der Waals surface area contributed by atoms with E-state index in [0.29, 0.717) is 11.5 Å². The van der Waals surface area contributed by atoms with Gasteiger partial charge in [-0.15, -0.1) is 0 Å². The van der Waals surface area contributed by atoms with E-state index >= 15 is 0 Å². The minimum atomic E-state index is -0.663. The Balaban J connectivity index is 2.76. The third-order valence-electron chi connectivity index (χ3n) is 6.33. The van der Waals surface area contributed by atoms with Gasteiger partial charge in [0.05, 0.1) is 0 Å². The highest BCUT2D eigenvalue weighted by Crippen LogP contribution is 2.42. The Morgan fingerprint density at radius 2 is 1.03 bits per heavy atom. The van der Waals surface area contributed by atoms with Crippen LogP contribution in [0.1, 0.15) is 115 Å². The summed E-state index contributed by atoms with van der Waals surface area (Å²) in [6.07, 6.45) is 0. The molecule has 4 nitrogen and oxygen atoms in total. The van der Waals surface area contributed by atoms with E-state index in [-0.39, 0.29) is 29.6 Å². The van der Waals surface area contributed by atoms with E-state index < -0.39 is 12.0 Å². The van der Waals surface area contributed by atoms with Gasteiger partial charge in [0.2, 0.25) is 0 Å². The molecule has 0 amide bonds. The van der Waals surface area contributed by atoms with Crippen LogP contribution >= 0.6 is 0 Å². The molecule has 0 radical (unpaired) electrons. The Kier molecular flexibility index (Phi) is 8.75. The summed E-state index contributed by atoms with van der Waals surface area (Å²) in [4.78, 5) is 12.8. The molecule has 2 aromatic carbocycles. The van der Waals surface area contributed by atoms with Crippen molar-refractivity contribution in [2.45, 2.75) is 99.0 Å². The van der Waals surface area contributed by atoms with E-state index in [4.69, 9.17) is 10.5 Å². The molecule has 0 saturated heterocycles. The number of aromatic hydroxyl groups is 1. The number of phenolic OH excluding ortho intramolecular Hbond substituents is 1. The fraction of sp³-hybridized carbons (Fsp3) is 0.552. The molecule has 1 unspecified atom stereocenters. The van der Waals surface area contributed by atoms with Crippen LogP contribution in [0, 0.1) is 5.92 Å². The molecular formula is C29H43NO3. The Morgan fingerprint density at radius 1 is 0.697 bits per heavy atom. The fourth-order valence-electron chi connectivity index (χ4n) is 3.98. The molecule has 2 rings (SSSR count). The summed E-state index contributed by atoms with van der Waals surface area (Å²) in [5.74, 6) is 1.36. The third-order valence-corrected chi connectivity index (χ3v) is 6.33. The molecule has 0 aliphatic carbocycles. The van der Waals surface area contributed by atoms with E-state index in [9.17, 15) is 9.90 Å². The van der Waals surface area contributed by atoms with Crippen molar-refractivity contribution < 1.29 is 14.6 Å². The van der Waals surface area contributed by atoms with Gasteiger partial charge in [0, 0.05) is 0 Å². The third kappa shape index (κ3) is 5.97. The van der Waals surface area contributed by atoms with Crippen LogP contribution in [0.5, 0.6) is 11.5 Å². The maximum atomic E-state index is 12.8. The Morgan fingerprint density at radius 3 is 1.33 bits per heavy atom. The van der Waals surface area contributed by atoms with Gasteiger partial charge < -0.3 is 15.6 Å². The summed E-state index contributed by atoms with van der Waals surface area (Å²) in [6.45, 7) is 20.7. The SMILES string of the molecule is CC(C)c1cc(-c2cc(C(C)C)c(OC(=O)C(N)C(C)C)c(C(C)C)c2)cc(C(C)C)c1O. The van der Waals surface area contributed by atoms with Gasteiger partial charge in [0.25, 0.3) is 0 Å². The predicted octanol–water partition coefficient (Wildman–Crippen LogP) is 7.44. The molecular weight excluding hydrogens is 410 g/mol. The first kappa shape index (κ1) is 26.9. The second kappa shape index (κ2) is 10.7. The minimum Gasteiger partial charge on any atom is -0.507 e. The van der Waals surface area contributed by atoms with Crippen molar-refractivity contribution in [1.29, 1.82) is 0 Å². The maximum Gasteiger partial charge on any atom is 0.328 e. The van der Waals surface area contributed by atoms with Gasteiger partial charge >= 0.3 is 5.97 Å². The number of hydrogen-bond donors (Lipinski definition) is 2. The molecule has 0 bridgehead atoms. The molecule has 2 aromatic rings. The molecule has 0 aliphatic rings. The second-order valence-corrected chi connectivity index (χ2v) is 10.8. The number of phenols is 1. The Labute approximate surface area is 200 Å². The first-order valence-corrected chi connectivity index (χ1v) is 12.3. The van der Waals surface area contributed by atoms with Crippen molar-refractivity contribution >= 4 is 5.97 Å². The van der Waals surface area contributed by atoms with Crippen molar-refractivity contribution in [1.82, 2.24) is 0 Å². The lowest BCUT2D eigenvalue weighted by atomic mass is 9.86. The molecule has 0 heterocycles. The number of esters is 1. The lowest BCUT2D eigenvalue weighted by Crippen LogP contribution is -2.39. The normalized spacial score (nSPS) is 13.0. The number of hydrogen-bond acceptors (Lipinski definition) is 4. The number of carbonyl (C=O) groups is 1. The molecule has 0 aliphatic heterocycles. The monoisotopic (exact) mass is 453 g/mol. The summed E-state index contributed by atoms with van der Waals surface area (Å²) >= 11 is 0. The van der Waals surface area contributed by atoms with Crippen LogP contribution in [-0.4, -0.2) is 17.1 Å². The van der Waals surface area contributed by atoms with E-state index in [1.54, 1.807) is 0 Å². The highest BCUT2D eigenvalue weighted by molar-refractivity contribution is 5.80. The van der Waals surface area contributed by atoms with E-state index in [1.807, 2.05) is 13.8 Å². The molecule has 4 heteroatoms. The number of rotatable bonds is 8. The Bertz CT molecular complexity index is 928. The topological polar surface area (TPSA) is 72.5 Å². The summed E-state index contributed by atoms with van der Waals surface area (Å²) in [7, 11) is 0. The fourth-order valence-corrected chi connectivity index (χ4v) is 3.98. The van der Waals surface area contributed by atoms with Gasteiger partial charge in [0.15, 0.2) is 0 Å². The van der Waals surface area contributed by atoms with Gasteiger partial charge in [-0.25, -0.2) is 4.79 Å². The van der Waals surface area contributed by atoms with Gasteiger partial charge in [-0.05, 0) is 87.2 Å². The number of ether oxygens (including phenoxy) is 1. The number of carbonyl (C=O) groups excluding carboxylic acids is 1. The quantitative estimate of drug-likeness (QED) is 0.322. The molecule has 182 valence electrons. The van der Waals surface area contributed by atoms with Crippen molar-refractivity contribution in [2.24, 2.45) is 11.7 Å². The van der Waals surface area contributed by atoms with E-state index in [2.05, 4.69) is 79.7 Å². The number of nitrogens with two attached hydrogens (primary N) is 1. The average Bonchev–Trinajstić information content (AvgIpc) is 2.72. The lowest BCUT2D eigenvalue weighted by molar-refractivity contribution is -0.136. The molecule has 33 heavy (non-hydrogen) atoms. The van der Waals surface area contributed by atoms with Gasteiger partial charge in [-0.3, -0.25) is 0 Å². The molecule has 0 spiro atoms. The smallest absolute Gasteiger partial charge is 0.328 e. The lowest BCUT2D eigenvalue weighted by Gasteiger charge is -2.24. The zero-order valence-corrected chi connectivity index (χ0v) is 22.1. The summed E-state index contributed by atoms with van der Waals surface area (Å²) in [6, 6.07) is 7.77. The van der Waals surface area contributed by atoms with Gasteiger partial charge in [0.1, 0.15) is 17.5 Å². The van der Waals surface area contributed by atoms with Crippen LogP contribution in [-0.2, 0) is 4.79 Å². The maximum absolute atomic E-state index is 12.8. The molecule has 0 aromatic heterocycles. The van der Waals surface area contributed by atoms with Gasteiger partial charge in [-0.1, -0.05) is 69.2 Å². The van der Waals surface area contributed by atoms with Crippen LogP contribution in [0.25, 0.3) is 11.1 Å². The zero-order valence-electron chi connectivity index (χ0n) is 22.1. The van der Waals surface area contributed by atoms with Crippen LogP contribution in [0.3, 0.4) is 0 Å². The first-order chi connectivity index (χ1) is 15.3. The van der Waals surface area contributed by atoms with Crippen LogP contribution in [0.2, 0.25) is 0 Å². The molecule has 0 saturated carbocycles. The highest BCUT2D eigenvalue weighted by Gasteiger charge is 2.25. The average molecular weight is 454 g/mol. The molecule has 1 atom stereocenters. The second-order valence-electron chi connectivity index (χ2n) is 10.8. The summed E-state index contributed by atoms with van der Waals surface area (Å²) in [5.41, 5.74) is 12.1. The molecule has 0 fully saturated rings. The predicted molar refractivity (Wildman–Crippen MR) is 138 cm³/mol. The summed E-state index contributed by atoms with van der Waals surface area (Å²) in [5, 5.41) is 10.9. The molecule has 3 N–H and O–H groups in total.